The van der Waals surface area contributed by atoms with E-state index in [9.17, 15) is 4.79 Å². The number of carbonyl (C=O) groups is 1. The van der Waals surface area contributed by atoms with Gasteiger partial charge in [-0.05, 0) is 37.5 Å². The Morgan fingerprint density at radius 3 is 1.90 bits per heavy atom. The monoisotopic (exact) mass is 282 g/mol. The maximum atomic E-state index is 12.6. The second-order valence-corrected chi connectivity index (χ2v) is 7.49. The summed E-state index contributed by atoms with van der Waals surface area (Å²) >= 11 is 0. The van der Waals surface area contributed by atoms with Crippen LogP contribution in [0.25, 0.3) is 0 Å². The molecule has 1 fully saturated rings. The minimum Gasteiger partial charge on any atom is -0.343 e. The van der Waals surface area contributed by atoms with Gasteiger partial charge in [0.25, 0.3) is 0 Å². The molecule has 0 aliphatic heterocycles. The zero-order chi connectivity index (χ0) is 15.2. The van der Waals surface area contributed by atoms with Gasteiger partial charge in [-0.3, -0.25) is 4.79 Å². The van der Waals surface area contributed by atoms with E-state index in [4.69, 9.17) is 5.73 Å². The fourth-order valence-corrected chi connectivity index (χ4v) is 2.86. The van der Waals surface area contributed by atoms with Gasteiger partial charge in [0.1, 0.15) is 0 Å². The van der Waals surface area contributed by atoms with Gasteiger partial charge >= 0.3 is 0 Å². The highest BCUT2D eigenvalue weighted by Gasteiger charge is 2.33. The molecule has 0 aromatic heterocycles. The van der Waals surface area contributed by atoms with E-state index >= 15 is 0 Å². The van der Waals surface area contributed by atoms with E-state index in [-0.39, 0.29) is 11.4 Å². The fraction of sp³-hybridized carbons (Fsp3) is 0.941. The standard InChI is InChI=1S/C17H34N2O/c1-14(2)7-11-19(12-8-15(3)4)16(20)13-17(18)9-5-6-10-17/h14-15H,5-13,18H2,1-4H3. The molecule has 1 rings (SSSR count). The summed E-state index contributed by atoms with van der Waals surface area (Å²) in [4.78, 5) is 14.6. The summed E-state index contributed by atoms with van der Waals surface area (Å²) in [5.74, 6) is 1.56. The lowest BCUT2D eigenvalue weighted by molar-refractivity contribution is -0.132. The quantitative estimate of drug-likeness (QED) is 0.740. The molecule has 1 aliphatic rings. The van der Waals surface area contributed by atoms with E-state index in [0.29, 0.717) is 18.3 Å². The molecule has 1 amide bonds. The Morgan fingerprint density at radius 1 is 1.05 bits per heavy atom. The average Bonchev–Trinajstić information content (AvgIpc) is 2.74. The molecular weight excluding hydrogens is 248 g/mol. The molecule has 20 heavy (non-hydrogen) atoms. The van der Waals surface area contributed by atoms with Crippen LogP contribution in [0.5, 0.6) is 0 Å². The fourth-order valence-electron chi connectivity index (χ4n) is 2.86. The molecule has 0 unspecified atom stereocenters. The number of nitrogens with two attached hydrogens (primary N) is 1. The van der Waals surface area contributed by atoms with Gasteiger partial charge in [-0.25, -0.2) is 0 Å². The van der Waals surface area contributed by atoms with Gasteiger partial charge in [0, 0.05) is 25.0 Å². The molecule has 0 radical (unpaired) electrons. The molecule has 0 bridgehead atoms. The van der Waals surface area contributed by atoms with E-state index < -0.39 is 0 Å². The molecule has 0 atom stereocenters. The highest BCUT2D eigenvalue weighted by atomic mass is 16.2. The first-order chi connectivity index (χ1) is 9.32. The van der Waals surface area contributed by atoms with Crippen molar-refractivity contribution in [2.75, 3.05) is 13.1 Å². The van der Waals surface area contributed by atoms with E-state index in [1.54, 1.807) is 0 Å². The molecular formula is C17H34N2O. The molecule has 118 valence electrons. The molecule has 0 spiro atoms. The molecule has 2 N–H and O–H groups in total. The maximum Gasteiger partial charge on any atom is 0.224 e. The van der Waals surface area contributed by atoms with Gasteiger partial charge < -0.3 is 10.6 Å². The smallest absolute Gasteiger partial charge is 0.224 e. The number of nitrogens with zero attached hydrogens (tertiary/aromatic N) is 1. The summed E-state index contributed by atoms with van der Waals surface area (Å²) in [6, 6.07) is 0. The molecule has 0 aromatic rings. The third-order valence-corrected chi connectivity index (χ3v) is 4.41. The zero-order valence-electron chi connectivity index (χ0n) is 14.0. The molecule has 3 nitrogen and oxygen atoms in total. The van der Waals surface area contributed by atoms with Crippen LogP contribution in [0, 0.1) is 11.8 Å². The van der Waals surface area contributed by atoms with Crippen molar-refractivity contribution >= 4 is 5.91 Å². The highest BCUT2D eigenvalue weighted by Crippen LogP contribution is 2.30. The third kappa shape index (κ3) is 6.25. The van der Waals surface area contributed by atoms with Crippen LogP contribution in [0.15, 0.2) is 0 Å². The Kier molecular flexibility index (Phi) is 7.01. The minimum absolute atomic E-state index is 0.217. The summed E-state index contributed by atoms with van der Waals surface area (Å²) in [5, 5.41) is 0. The molecule has 0 aromatic carbocycles. The van der Waals surface area contributed by atoms with Crippen molar-refractivity contribution in [1.82, 2.24) is 4.90 Å². The number of rotatable bonds is 8. The first kappa shape index (κ1) is 17.5. The first-order valence-corrected chi connectivity index (χ1v) is 8.39. The van der Waals surface area contributed by atoms with Gasteiger partial charge in [0.2, 0.25) is 5.91 Å². The van der Waals surface area contributed by atoms with Crippen molar-refractivity contribution in [2.45, 2.75) is 78.2 Å². The largest absolute Gasteiger partial charge is 0.343 e. The van der Waals surface area contributed by atoms with Crippen molar-refractivity contribution in [3.63, 3.8) is 0 Å². The third-order valence-electron chi connectivity index (χ3n) is 4.41. The number of hydrogen-bond donors (Lipinski definition) is 1. The SMILES string of the molecule is CC(C)CCN(CCC(C)C)C(=O)CC1(N)CCCC1. The molecule has 1 saturated carbocycles. The lowest BCUT2D eigenvalue weighted by Crippen LogP contribution is -2.44. The van der Waals surface area contributed by atoms with Crippen LogP contribution in [0.4, 0.5) is 0 Å². The lowest BCUT2D eigenvalue weighted by atomic mass is 9.93. The van der Waals surface area contributed by atoms with Crippen LogP contribution in [0.1, 0.15) is 72.6 Å². The van der Waals surface area contributed by atoms with Crippen LogP contribution in [0.2, 0.25) is 0 Å². The van der Waals surface area contributed by atoms with E-state index in [0.717, 1.165) is 38.8 Å². The van der Waals surface area contributed by atoms with Crippen LogP contribution in [-0.2, 0) is 4.79 Å². The van der Waals surface area contributed by atoms with Gasteiger partial charge in [0.15, 0.2) is 0 Å². The van der Waals surface area contributed by atoms with Crippen molar-refractivity contribution in [3.8, 4) is 0 Å². The molecule has 0 saturated heterocycles. The van der Waals surface area contributed by atoms with E-state index in [1.165, 1.54) is 12.8 Å². The lowest BCUT2D eigenvalue weighted by Gasteiger charge is -2.29. The predicted molar refractivity (Wildman–Crippen MR) is 85.5 cm³/mol. The number of amides is 1. The summed E-state index contributed by atoms with van der Waals surface area (Å²) in [5.41, 5.74) is 6.14. The Hall–Kier alpha value is -0.570. The number of carbonyl (C=O) groups excluding carboxylic acids is 1. The van der Waals surface area contributed by atoms with Crippen LogP contribution >= 0.6 is 0 Å². The maximum absolute atomic E-state index is 12.6. The Bertz CT molecular complexity index is 281. The zero-order valence-corrected chi connectivity index (χ0v) is 14.0. The summed E-state index contributed by atoms with van der Waals surface area (Å²) < 4.78 is 0. The van der Waals surface area contributed by atoms with Gasteiger partial charge in [-0.2, -0.15) is 0 Å². The van der Waals surface area contributed by atoms with Crippen LogP contribution in [-0.4, -0.2) is 29.4 Å². The minimum atomic E-state index is -0.217. The Labute approximate surface area is 125 Å². The molecule has 3 heteroatoms. The van der Waals surface area contributed by atoms with Crippen molar-refractivity contribution in [2.24, 2.45) is 17.6 Å². The van der Waals surface area contributed by atoms with Crippen molar-refractivity contribution < 1.29 is 4.79 Å². The number of hydrogen-bond acceptors (Lipinski definition) is 2. The van der Waals surface area contributed by atoms with Crippen LogP contribution < -0.4 is 5.73 Å². The van der Waals surface area contributed by atoms with Crippen molar-refractivity contribution in [3.05, 3.63) is 0 Å². The Balaban J connectivity index is 2.53. The summed E-state index contributed by atoms with van der Waals surface area (Å²) in [6.07, 6.45) is 7.11. The second-order valence-electron chi connectivity index (χ2n) is 7.49. The Morgan fingerprint density at radius 2 is 1.50 bits per heavy atom. The van der Waals surface area contributed by atoms with Gasteiger partial charge in [-0.1, -0.05) is 40.5 Å². The molecule has 1 aliphatic carbocycles. The second kappa shape index (κ2) is 8.02. The summed E-state index contributed by atoms with van der Waals surface area (Å²) in [7, 11) is 0. The first-order valence-electron chi connectivity index (χ1n) is 8.39. The van der Waals surface area contributed by atoms with Crippen LogP contribution in [0.3, 0.4) is 0 Å². The van der Waals surface area contributed by atoms with E-state index in [1.807, 2.05) is 0 Å². The average molecular weight is 282 g/mol. The summed E-state index contributed by atoms with van der Waals surface area (Å²) in [6.45, 7) is 10.6. The van der Waals surface area contributed by atoms with E-state index in [2.05, 4.69) is 32.6 Å². The highest BCUT2D eigenvalue weighted by molar-refractivity contribution is 5.77. The normalized spacial score (nSPS) is 17.9. The topological polar surface area (TPSA) is 46.3 Å². The van der Waals surface area contributed by atoms with Crippen molar-refractivity contribution in [1.29, 1.82) is 0 Å². The predicted octanol–water partition coefficient (Wildman–Crippen LogP) is 3.57. The van der Waals surface area contributed by atoms with Gasteiger partial charge in [-0.15, -0.1) is 0 Å². The molecule has 0 heterocycles. The van der Waals surface area contributed by atoms with Gasteiger partial charge in [0.05, 0.1) is 0 Å².